The van der Waals surface area contributed by atoms with E-state index in [4.69, 9.17) is 5.73 Å². The molecule has 0 aromatic rings. The highest BCUT2D eigenvalue weighted by molar-refractivity contribution is 5.82. The topological polar surface area (TPSA) is 46.3 Å². The Labute approximate surface area is 67.5 Å². The first-order valence-corrected chi connectivity index (χ1v) is 4.27. The van der Waals surface area contributed by atoms with E-state index in [2.05, 4.69) is 4.90 Å². The van der Waals surface area contributed by atoms with Gasteiger partial charge in [-0.25, -0.2) is 0 Å². The molecule has 0 spiro atoms. The molecule has 1 aliphatic heterocycles. The van der Waals surface area contributed by atoms with Gasteiger partial charge in [0.1, 0.15) is 0 Å². The standard InChI is InChI=1S/C8H16N2O/c9-6-8(11)7-10-4-2-1-3-5-10/h1-7,9H2. The van der Waals surface area contributed by atoms with Gasteiger partial charge in [0.05, 0.1) is 13.1 Å². The summed E-state index contributed by atoms with van der Waals surface area (Å²) in [5.74, 6) is 0.159. The summed E-state index contributed by atoms with van der Waals surface area (Å²) in [6.07, 6.45) is 3.78. The summed E-state index contributed by atoms with van der Waals surface area (Å²) in [7, 11) is 0. The van der Waals surface area contributed by atoms with E-state index in [1.54, 1.807) is 0 Å². The van der Waals surface area contributed by atoms with Crippen molar-refractivity contribution in [3.8, 4) is 0 Å². The van der Waals surface area contributed by atoms with Crippen molar-refractivity contribution in [1.82, 2.24) is 4.90 Å². The quantitative estimate of drug-likeness (QED) is 0.625. The van der Waals surface area contributed by atoms with E-state index in [0.717, 1.165) is 13.1 Å². The number of nitrogens with two attached hydrogens (primary N) is 1. The molecule has 0 unspecified atom stereocenters. The Morgan fingerprint density at radius 3 is 2.45 bits per heavy atom. The van der Waals surface area contributed by atoms with Crippen molar-refractivity contribution in [3.05, 3.63) is 0 Å². The van der Waals surface area contributed by atoms with Crippen molar-refractivity contribution in [2.45, 2.75) is 19.3 Å². The second kappa shape index (κ2) is 4.46. The molecule has 2 N–H and O–H groups in total. The molecule has 1 heterocycles. The van der Waals surface area contributed by atoms with Crippen LogP contribution >= 0.6 is 0 Å². The van der Waals surface area contributed by atoms with Gasteiger partial charge in [0, 0.05) is 0 Å². The molecule has 0 aromatic carbocycles. The Bertz CT molecular complexity index is 130. The molecule has 0 aliphatic carbocycles. The lowest BCUT2D eigenvalue weighted by Crippen LogP contribution is -2.36. The molecule has 3 nitrogen and oxygen atoms in total. The second-order valence-corrected chi connectivity index (χ2v) is 3.08. The molecule has 1 fully saturated rings. The predicted octanol–water partition coefficient (Wildman–Crippen LogP) is 0.0001000. The van der Waals surface area contributed by atoms with Crippen molar-refractivity contribution in [2.75, 3.05) is 26.2 Å². The number of nitrogens with zero attached hydrogens (tertiary/aromatic N) is 1. The zero-order valence-corrected chi connectivity index (χ0v) is 6.88. The minimum atomic E-state index is 0.159. The zero-order valence-electron chi connectivity index (χ0n) is 6.88. The molecule has 1 aliphatic rings. The van der Waals surface area contributed by atoms with Crippen molar-refractivity contribution in [1.29, 1.82) is 0 Å². The first kappa shape index (κ1) is 8.68. The lowest BCUT2D eigenvalue weighted by molar-refractivity contribution is -0.119. The molecule has 3 heteroatoms. The van der Waals surface area contributed by atoms with Crippen LogP contribution in [0, 0.1) is 0 Å². The van der Waals surface area contributed by atoms with E-state index < -0.39 is 0 Å². The third-order valence-electron chi connectivity index (χ3n) is 2.08. The molecule has 0 saturated carbocycles. The van der Waals surface area contributed by atoms with Crippen molar-refractivity contribution >= 4 is 5.78 Å². The Kier molecular flexibility index (Phi) is 3.52. The summed E-state index contributed by atoms with van der Waals surface area (Å²) < 4.78 is 0. The van der Waals surface area contributed by atoms with E-state index in [1.807, 2.05) is 0 Å². The Hall–Kier alpha value is -0.410. The molecule has 11 heavy (non-hydrogen) atoms. The molecule has 0 aromatic heterocycles. The Balaban J connectivity index is 2.19. The minimum absolute atomic E-state index is 0.159. The van der Waals surface area contributed by atoms with Crippen LogP contribution in [0.15, 0.2) is 0 Å². The number of hydrogen-bond acceptors (Lipinski definition) is 3. The van der Waals surface area contributed by atoms with Crippen LogP contribution in [0.1, 0.15) is 19.3 Å². The fraction of sp³-hybridized carbons (Fsp3) is 0.875. The number of rotatable bonds is 3. The summed E-state index contributed by atoms with van der Waals surface area (Å²) in [6.45, 7) is 2.91. The normalized spacial score (nSPS) is 20.1. The predicted molar refractivity (Wildman–Crippen MR) is 44.4 cm³/mol. The molecule has 1 saturated heterocycles. The number of hydrogen-bond donors (Lipinski definition) is 1. The number of Topliss-reactive ketones (excluding diaryl/α,β-unsaturated/α-hetero) is 1. The maximum Gasteiger partial charge on any atom is 0.160 e. The fourth-order valence-corrected chi connectivity index (χ4v) is 1.43. The molecular formula is C8H16N2O. The molecular weight excluding hydrogens is 140 g/mol. The number of likely N-dealkylation sites (tertiary alicyclic amines) is 1. The first-order chi connectivity index (χ1) is 5.33. The average Bonchev–Trinajstić information content (AvgIpc) is 2.06. The summed E-state index contributed by atoms with van der Waals surface area (Å²) >= 11 is 0. The monoisotopic (exact) mass is 156 g/mol. The Morgan fingerprint density at radius 1 is 1.27 bits per heavy atom. The van der Waals surface area contributed by atoms with E-state index in [9.17, 15) is 4.79 Å². The van der Waals surface area contributed by atoms with Gasteiger partial charge in [-0.05, 0) is 25.9 Å². The lowest BCUT2D eigenvalue weighted by Gasteiger charge is -2.25. The van der Waals surface area contributed by atoms with Gasteiger partial charge in [-0.1, -0.05) is 6.42 Å². The van der Waals surface area contributed by atoms with Crippen LogP contribution in [-0.2, 0) is 4.79 Å². The van der Waals surface area contributed by atoms with Crippen LogP contribution in [0.3, 0.4) is 0 Å². The van der Waals surface area contributed by atoms with Gasteiger partial charge in [-0.3, -0.25) is 9.69 Å². The maximum absolute atomic E-state index is 10.9. The molecule has 0 bridgehead atoms. The third-order valence-corrected chi connectivity index (χ3v) is 2.08. The molecule has 1 rings (SSSR count). The first-order valence-electron chi connectivity index (χ1n) is 4.27. The van der Waals surface area contributed by atoms with E-state index in [0.29, 0.717) is 6.54 Å². The number of carbonyl (C=O) groups is 1. The van der Waals surface area contributed by atoms with Crippen LogP contribution in [-0.4, -0.2) is 36.9 Å². The van der Waals surface area contributed by atoms with Gasteiger partial charge in [-0.2, -0.15) is 0 Å². The van der Waals surface area contributed by atoms with Crippen molar-refractivity contribution in [3.63, 3.8) is 0 Å². The largest absolute Gasteiger partial charge is 0.324 e. The minimum Gasteiger partial charge on any atom is -0.324 e. The SMILES string of the molecule is NCC(=O)CN1CCCCC1. The van der Waals surface area contributed by atoms with Gasteiger partial charge >= 0.3 is 0 Å². The maximum atomic E-state index is 10.9. The van der Waals surface area contributed by atoms with Crippen molar-refractivity contribution in [2.24, 2.45) is 5.73 Å². The van der Waals surface area contributed by atoms with Crippen LogP contribution < -0.4 is 5.73 Å². The van der Waals surface area contributed by atoms with Gasteiger partial charge in [0.15, 0.2) is 5.78 Å². The second-order valence-electron chi connectivity index (χ2n) is 3.08. The summed E-state index contributed by atoms with van der Waals surface area (Å²) in [5, 5.41) is 0. The van der Waals surface area contributed by atoms with Gasteiger partial charge in [0.25, 0.3) is 0 Å². The molecule has 64 valence electrons. The number of ketones is 1. The van der Waals surface area contributed by atoms with Crippen LogP contribution in [0.5, 0.6) is 0 Å². The fourth-order valence-electron chi connectivity index (χ4n) is 1.43. The van der Waals surface area contributed by atoms with Gasteiger partial charge < -0.3 is 5.73 Å². The van der Waals surface area contributed by atoms with E-state index in [-0.39, 0.29) is 12.3 Å². The molecule has 0 amide bonds. The third kappa shape index (κ3) is 2.99. The van der Waals surface area contributed by atoms with Crippen LogP contribution in [0.25, 0.3) is 0 Å². The highest BCUT2D eigenvalue weighted by atomic mass is 16.1. The van der Waals surface area contributed by atoms with E-state index in [1.165, 1.54) is 19.3 Å². The Morgan fingerprint density at radius 2 is 1.91 bits per heavy atom. The molecule has 0 radical (unpaired) electrons. The van der Waals surface area contributed by atoms with Gasteiger partial charge in [0.2, 0.25) is 0 Å². The average molecular weight is 156 g/mol. The summed E-state index contributed by atoms with van der Waals surface area (Å²) in [4.78, 5) is 13.1. The van der Waals surface area contributed by atoms with E-state index >= 15 is 0 Å². The zero-order chi connectivity index (χ0) is 8.10. The number of piperidine rings is 1. The smallest absolute Gasteiger partial charge is 0.160 e. The summed E-state index contributed by atoms with van der Waals surface area (Å²) in [6, 6.07) is 0. The number of carbonyl (C=O) groups excluding carboxylic acids is 1. The highest BCUT2D eigenvalue weighted by Crippen LogP contribution is 2.07. The van der Waals surface area contributed by atoms with Crippen LogP contribution in [0.4, 0.5) is 0 Å². The lowest BCUT2D eigenvalue weighted by atomic mass is 10.1. The summed E-state index contributed by atoms with van der Waals surface area (Å²) in [5.41, 5.74) is 5.21. The molecule has 0 atom stereocenters. The van der Waals surface area contributed by atoms with Gasteiger partial charge in [-0.15, -0.1) is 0 Å². The van der Waals surface area contributed by atoms with Crippen molar-refractivity contribution < 1.29 is 4.79 Å². The highest BCUT2D eigenvalue weighted by Gasteiger charge is 2.11. The van der Waals surface area contributed by atoms with Crippen LogP contribution in [0.2, 0.25) is 0 Å².